The molecule has 2 aromatic heterocycles. The van der Waals surface area contributed by atoms with Gasteiger partial charge in [0.1, 0.15) is 23.7 Å². The summed E-state index contributed by atoms with van der Waals surface area (Å²) in [6.45, 7) is 0.790. The normalized spacial score (nSPS) is 10.8. The molecule has 0 atom stereocenters. The van der Waals surface area contributed by atoms with Gasteiger partial charge in [0, 0.05) is 18.0 Å². The van der Waals surface area contributed by atoms with Crippen molar-refractivity contribution in [2.45, 2.75) is 6.42 Å². The van der Waals surface area contributed by atoms with Gasteiger partial charge < -0.3 is 14.5 Å². The molecule has 0 saturated heterocycles. The van der Waals surface area contributed by atoms with Crippen LogP contribution in [-0.4, -0.2) is 23.6 Å². The topological polar surface area (TPSA) is 60.2 Å². The van der Waals surface area contributed by atoms with E-state index in [-0.39, 0.29) is 0 Å². The molecule has 0 aliphatic heterocycles. The SMILES string of the molecule is COc1cc2ncnc(NCCc3ccccc3)c2cc1-c1ccco1. The molecule has 0 radical (unpaired) electrons. The first-order chi connectivity index (χ1) is 12.8. The van der Waals surface area contributed by atoms with Crippen LogP contribution in [0.4, 0.5) is 5.82 Å². The van der Waals surface area contributed by atoms with E-state index in [4.69, 9.17) is 9.15 Å². The average Bonchev–Trinajstić information content (AvgIpc) is 3.22. The summed E-state index contributed by atoms with van der Waals surface area (Å²) in [4.78, 5) is 8.80. The first kappa shape index (κ1) is 16.1. The van der Waals surface area contributed by atoms with E-state index in [1.807, 2.05) is 30.3 Å². The molecule has 2 aromatic carbocycles. The van der Waals surface area contributed by atoms with E-state index in [1.165, 1.54) is 5.56 Å². The molecule has 1 N–H and O–H groups in total. The maximum atomic E-state index is 5.55. The summed E-state index contributed by atoms with van der Waals surface area (Å²) in [5, 5.41) is 4.36. The van der Waals surface area contributed by atoms with E-state index < -0.39 is 0 Å². The van der Waals surface area contributed by atoms with E-state index in [1.54, 1.807) is 19.7 Å². The molecule has 4 rings (SSSR count). The zero-order valence-electron chi connectivity index (χ0n) is 14.5. The summed E-state index contributed by atoms with van der Waals surface area (Å²) in [6, 6.07) is 18.1. The van der Waals surface area contributed by atoms with Crippen molar-refractivity contribution in [1.29, 1.82) is 0 Å². The van der Waals surface area contributed by atoms with Gasteiger partial charge in [0.05, 0.1) is 24.5 Å². The highest BCUT2D eigenvalue weighted by atomic mass is 16.5. The van der Waals surface area contributed by atoms with Gasteiger partial charge in [-0.05, 0) is 30.2 Å². The fourth-order valence-corrected chi connectivity index (χ4v) is 2.99. The summed E-state index contributed by atoms with van der Waals surface area (Å²) >= 11 is 0. The molecule has 2 heterocycles. The summed E-state index contributed by atoms with van der Waals surface area (Å²) in [6.07, 6.45) is 4.15. The van der Waals surface area contributed by atoms with Crippen molar-refractivity contribution in [1.82, 2.24) is 9.97 Å². The monoisotopic (exact) mass is 345 g/mol. The Morgan fingerprint density at radius 3 is 2.69 bits per heavy atom. The molecule has 0 unspecified atom stereocenters. The fraction of sp³-hybridized carbons (Fsp3) is 0.143. The van der Waals surface area contributed by atoms with Crippen LogP contribution >= 0.6 is 0 Å². The second-order valence-corrected chi connectivity index (χ2v) is 5.93. The zero-order chi connectivity index (χ0) is 17.8. The Balaban J connectivity index is 1.65. The third-order valence-electron chi connectivity index (χ3n) is 4.29. The maximum absolute atomic E-state index is 5.55. The lowest BCUT2D eigenvalue weighted by Crippen LogP contribution is -2.07. The number of fused-ring (bicyclic) bond motifs is 1. The Morgan fingerprint density at radius 1 is 1.04 bits per heavy atom. The second kappa shape index (κ2) is 7.27. The molecule has 0 bridgehead atoms. The third kappa shape index (κ3) is 3.24. The highest BCUT2D eigenvalue weighted by Gasteiger charge is 2.13. The first-order valence-corrected chi connectivity index (χ1v) is 8.49. The Hall–Kier alpha value is -3.34. The molecule has 5 heteroatoms. The van der Waals surface area contributed by atoms with Crippen molar-refractivity contribution in [2.75, 3.05) is 19.0 Å². The van der Waals surface area contributed by atoms with Crippen LogP contribution in [0.3, 0.4) is 0 Å². The Labute approximate surface area is 151 Å². The number of hydrogen-bond acceptors (Lipinski definition) is 5. The minimum atomic E-state index is 0.724. The summed E-state index contributed by atoms with van der Waals surface area (Å²) in [5.41, 5.74) is 3.00. The summed E-state index contributed by atoms with van der Waals surface area (Å²) in [5.74, 6) is 2.28. The van der Waals surface area contributed by atoms with Gasteiger partial charge in [-0.1, -0.05) is 30.3 Å². The van der Waals surface area contributed by atoms with E-state index in [0.717, 1.165) is 46.8 Å². The Kier molecular flexibility index (Phi) is 4.51. The molecule has 0 aliphatic carbocycles. The smallest absolute Gasteiger partial charge is 0.137 e. The van der Waals surface area contributed by atoms with Crippen molar-refractivity contribution in [2.24, 2.45) is 0 Å². The van der Waals surface area contributed by atoms with Gasteiger partial charge >= 0.3 is 0 Å². The molecule has 0 saturated carbocycles. The highest BCUT2D eigenvalue weighted by molar-refractivity contribution is 5.94. The number of nitrogens with zero attached hydrogens (tertiary/aromatic N) is 2. The molecule has 0 aliphatic rings. The second-order valence-electron chi connectivity index (χ2n) is 5.93. The van der Waals surface area contributed by atoms with Gasteiger partial charge in [-0.2, -0.15) is 0 Å². The van der Waals surface area contributed by atoms with Crippen molar-refractivity contribution in [3.05, 3.63) is 72.8 Å². The average molecular weight is 345 g/mol. The van der Waals surface area contributed by atoms with Gasteiger partial charge in [-0.15, -0.1) is 0 Å². The Bertz CT molecular complexity index is 999. The number of hydrogen-bond donors (Lipinski definition) is 1. The van der Waals surface area contributed by atoms with E-state index >= 15 is 0 Å². The summed E-state index contributed by atoms with van der Waals surface area (Å²) in [7, 11) is 1.65. The van der Waals surface area contributed by atoms with Crippen LogP contribution in [-0.2, 0) is 6.42 Å². The van der Waals surface area contributed by atoms with Crippen LogP contribution in [0.1, 0.15) is 5.56 Å². The first-order valence-electron chi connectivity index (χ1n) is 8.49. The molecule has 0 fully saturated rings. The largest absolute Gasteiger partial charge is 0.496 e. The van der Waals surface area contributed by atoms with Gasteiger partial charge in [-0.25, -0.2) is 9.97 Å². The van der Waals surface area contributed by atoms with Crippen molar-refractivity contribution >= 4 is 16.7 Å². The van der Waals surface area contributed by atoms with Crippen LogP contribution in [0.25, 0.3) is 22.2 Å². The quantitative estimate of drug-likeness (QED) is 0.555. The molecule has 0 spiro atoms. The fourth-order valence-electron chi connectivity index (χ4n) is 2.99. The molecule has 5 nitrogen and oxygen atoms in total. The van der Waals surface area contributed by atoms with Crippen LogP contribution in [0.5, 0.6) is 5.75 Å². The van der Waals surface area contributed by atoms with Crippen molar-refractivity contribution in [3.63, 3.8) is 0 Å². The molecule has 0 amide bonds. The van der Waals surface area contributed by atoms with Crippen LogP contribution in [0, 0.1) is 0 Å². The molecule has 26 heavy (non-hydrogen) atoms. The Morgan fingerprint density at radius 2 is 1.92 bits per heavy atom. The number of methoxy groups -OCH3 is 1. The number of anilines is 1. The maximum Gasteiger partial charge on any atom is 0.137 e. The van der Waals surface area contributed by atoms with E-state index in [2.05, 4.69) is 39.6 Å². The number of furan rings is 1. The minimum absolute atomic E-state index is 0.724. The van der Waals surface area contributed by atoms with Gasteiger partial charge in [0.25, 0.3) is 0 Å². The van der Waals surface area contributed by atoms with Crippen LogP contribution < -0.4 is 10.1 Å². The van der Waals surface area contributed by atoms with Crippen LogP contribution in [0.15, 0.2) is 71.6 Å². The van der Waals surface area contributed by atoms with Crippen molar-refractivity contribution in [3.8, 4) is 17.1 Å². The van der Waals surface area contributed by atoms with Gasteiger partial charge in [-0.3, -0.25) is 0 Å². The lowest BCUT2D eigenvalue weighted by Gasteiger charge is -2.12. The molecular formula is C21H19N3O2. The van der Waals surface area contributed by atoms with Crippen molar-refractivity contribution < 1.29 is 9.15 Å². The standard InChI is InChI=1S/C21H19N3O2/c1-25-20-13-18-16(12-17(20)19-8-5-11-26-19)21(24-14-23-18)22-10-9-15-6-3-2-4-7-15/h2-8,11-14H,9-10H2,1H3,(H,22,23,24). The summed E-state index contributed by atoms with van der Waals surface area (Å²) < 4.78 is 11.1. The van der Waals surface area contributed by atoms with Gasteiger partial charge in [0.15, 0.2) is 0 Å². The van der Waals surface area contributed by atoms with E-state index in [0.29, 0.717) is 0 Å². The van der Waals surface area contributed by atoms with E-state index in [9.17, 15) is 0 Å². The lowest BCUT2D eigenvalue weighted by molar-refractivity contribution is 0.415. The third-order valence-corrected chi connectivity index (χ3v) is 4.29. The predicted molar refractivity (Wildman–Crippen MR) is 102 cm³/mol. The number of ether oxygens (including phenoxy) is 1. The molecule has 130 valence electrons. The minimum Gasteiger partial charge on any atom is -0.496 e. The zero-order valence-corrected chi connectivity index (χ0v) is 14.5. The number of rotatable bonds is 6. The molecular weight excluding hydrogens is 326 g/mol. The predicted octanol–water partition coefficient (Wildman–Crippen LogP) is 4.55. The number of benzene rings is 2. The lowest BCUT2D eigenvalue weighted by atomic mass is 10.1. The number of aromatic nitrogens is 2. The molecule has 4 aromatic rings. The highest BCUT2D eigenvalue weighted by Crippen LogP contribution is 2.35. The number of nitrogens with one attached hydrogen (secondary N) is 1. The van der Waals surface area contributed by atoms with Gasteiger partial charge in [0.2, 0.25) is 0 Å². The van der Waals surface area contributed by atoms with Crippen LogP contribution in [0.2, 0.25) is 0 Å².